The number of amides is 1. The highest BCUT2D eigenvalue weighted by atomic mass is 79.9. The van der Waals surface area contributed by atoms with Gasteiger partial charge in [-0.25, -0.2) is 5.43 Å². The quantitative estimate of drug-likeness (QED) is 0.669. The summed E-state index contributed by atoms with van der Waals surface area (Å²) in [6.45, 7) is 0. The largest absolute Gasteiger partial charge is 0.272 e. The number of rotatable bonds is 3. The van der Waals surface area contributed by atoms with E-state index in [0.29, 0.717) is 0 Å². The fraction of sp³-hybridized carbons (Fsp3) is 0.100. The Labute approximate surface area is 95.7 Å². The molecule has 0 heterocycles. The number of carbonyl (C=O) groups is 1. The highest BCUT2D eigenvalue weighted by Crippen LogP contribution is 2.08. The summed E-state index contributed by atoms with van der Waals surface area (Å²) in [7, 11) is 0. The fourth-order valence-electron chi connectivity index (χ4n) is 0.839. The molecule has 0 spiro atoms. The Balaban J connectivity index is 2.48. The van der Waals surface area contributed by atoms with Gasteiger partial charge in [0.1, 0.15) is 6.42 Å². The number of hydrogen-bond acceptors (Lipinski definition) is 3. The molecule has 76 valence electrons. The van der Waals surface area contributed by atoms with E-state index < -0.39 is 5.91 Å². The van der Waals surface area contributed by atoms with Crippen LogP contribution in [0.4, 0.5) is 0 Å². The lowest BCUT2D eigenvalue weighted by molar-refractivity contribution is -0.120. The summed E-state index contributed by atoms with van der Waals surface area (Å²) >= 11 is 3.31. The molecule has 1 rings (SSSR count). The lowest BCUT2D eigenvalue weighted by atomic mass is 10.2. The molecule has 0 atom stereocenters. The molecule has 0 aliphatic heterocycles. The van der Waals surface area contributed by atoms with Crippen LogP contribution < -0.4 is 5.43 Å². The highest BCUT2D eigenvalue weighted by molar-refractivity contribution is 9.10. The summed E-state index contributed by atoms with van der Waals surface area (Å²) in [6.07, 6.45) is 1.33. The second-order valence-electron chi connectivity index (χ2n) is 2.68. The van der Waals surface area contributed by atoms with Gasteiger partial charge >= 0.3 is 0 Å². The zero-order valence-corrected chi connectivity index (χ0v) is 9.36. The van der Waals surface area contributed by atoms with Crippen LogP contribution in [0.5, 0.6) is 0 Å². The molecule has 15 heavy (non-hydrogen) atoms. The van der Waals surface area contributed by atoms with Gasteiger partial charge in [0.25, 0.3) is 5.91 Å². The lowest BCUT2D eigenvalue weighted by Gasteiger charge is -1.94. The Morgan fingerprint density at radius 2 is 2.20 bits per heavy atom. The first-order chi connectivity index (χ1) is 7.22. The normalized spacial score (nSPS) is 9.87. The van der Waals surface area contributed by atoms with Crippen molar-refractivity contribution in [3.63, 3.8) is 0 Å². The van der Waals surface area contributed by atoms with Crippen molar-refractivity contribution in [3.8, 4) is 6.07 Å². The van der Waals surface area contributed by atoms with Crippen molar-refractivity contribution in [1.82, 2.24) is 5.43 Å². The van der Waals surface area contributed by atoms with E-state index in [-0.39, 0.29) is 6.42 Å². The molecule has 1 aromatic rings. The fourth-order valence-corrected chi connectivity index (χ4v) is 1.10. The Kier molecular flexibility index (Phi) is 4.51. The van der Waals surface area contributed by atoms with Crippen LogP contribution in [-0.2, 0) is 4.79 Å². The third-order valence-corrected chi connectivity index (χ3v) is 2.04. The maximum Gasteiger partial charge on any atom is 0.254 e. The number of nitrogens with one attached hydrogen (secondary N) is 1. The molecule has 0 aromatic heterocycles. The standard InChI is InChI=1S/C10H8BrN3O/c11-9-3-1-8(2-4-9)7-13-14-10(15)5-6-12/h1-4,7H,5H2,(H,14,15)/b13-7-. The predicted octanol–water partition coefficient (Wildman–Crippen LogP) is 1.81. The number of hydrazone groups is 1. The molecule has 0 saturated carbocycles. The van der Waals surface area contributed by atoms with Gasteiger partial charge in [-0.05, 0) is 17.7 Å². The van der Waals surface area contributed by atoms with E-state index in [1.807, 2.05) is 24.3 Å². The Morgan fingerprint density at radius 3 is 2.80 bits per heavy atom. The minimum absolute atomic E-state index is 0.183. The summed E-state index contributed by atoms with van der Waals surface area (Å²) < 4.78 is 0.980. The molecule has 1 aromatic carbocycles. The van der Waals surface area contributed by atoms with Crippen LogP contribution in [0.3, 0.4) is 0 Å². The van der Waals surface area contributed by atoms with Crippen molar-refractivity contribution in [1.29, 1.82) is 5.26 Å². The van der Waals surface area contributed by atoms with E-state index in [0.717, 1.165) is 10.0 Å². The van der Waals surface area contributed by atoms with E-state index in [1.165, 1.54) is 6.21 Å². The molecule has 0 aliphatic rings. The van der Waals surface area contributed by atoms with Crippen molar-refractivity contribution < 1.29 is 4.79 Å². The molecule has 0 saturated heterocycles. The third-order valence-electron chi connectivity index (χ3n) is 1.51. The summed E-state index contributed by atoms with van der Waals surface area (Å²) in [5.41, 5.74) is 3.11. The van der Waals surface area contributed by atoms with E-state index in [2.05, 4.69) is 26.5 Å². The molecule has 0 unspecified atom stereocenters. The predicted molar refractivity (Wildman–Crippen MR) is 60.1 cm³/mol. The first-order valence-electron chi connectivity index (χ1n) is 4.17. The van der Waals surface area contributed by atoms with Crippen LogP contribution in [0.1, 0.15) is 12.0 Å². The number of benzene rings is 1. The van der Waals surface area contributed by atoms with Crippen LogP contribution >= 0.6 is 15.9 Å². The maximum atomic E-state index is 10.8. The molecule has 0 fully saturated rings. The SMILES string of the molecule is N#CCC(=O)N/N=C\c1ccc(Br)cc1. The van der Waals surface area contributed by atoms with Crippen molar-refractivity contribution >= 4 is 28.1 Å². The summed E-state index contributed by atoms with van der Waals surface area (Å²) in [5.74, 6) is -0.411. The topological polar surface area (TPSA) is 65.2 Å². The van der Waals surface area contributed by atoms with Gasteiger partial charge in [0.05, 0.1) is 12.3 Å². The van der Waals surface area contributed by atoms with Crippen LogP contribution in [0.15, 0.2) is 33.8 Å². The molecule has 0 radical (unpaired) electrons. The average Bonchev–Trinajstić information content (AvgIpc) is 2.21. The number of carbonyl (C=O) groups excluding carboxylic acids is 1. The smallest absolute Gasteiger partial charge is 0.254 e. The van der Waals surface area contributed by atoms with Crippen LogP contribution in [0.25, 0.3) is 0 Å². The molecule has 1 amide bonds. The van der Waals surface area contributed by atoms with Gasteiger partial charge in [-0.3, -0.25) is 4.79 Å². The van der Waals surface area contributed by atoms with Crippen LogP contribution in [0, 0.1) is 11.3 Å². The second kappa shape index (κ2) is 5.94. The molecular weight excluding hydrogens is 258 g/mol. The summed E-state index contributed by atoms with van der Waals surface area (Å²) in [6, 6.07) is 9.18. The van der Waals surface area contributed by atoms with Crippen LogP contribution in [0.2, 0.25) is 0 Å². The maximum absolute atomic E-state index is 10.8. The van der Waals surface area contributed by atoms with Crippen molar-refractivity contribution in [3.05, 3.63) is 34.3 Å². The average molecular weight is 266 g/mol. The Bertz CT molecular complexity index is 406. The highest BCUT2D eigenvalue weighted by Gasteiger charge is 1.95. The van der Waals surface area contributed by atoms with Gasteiger partial charge in [-0.2, -0.15) is 10.4 Å². The zero-order chi connectivity index (χ0) is 11.1. The minimum Gasteiger partial charge on any atom is -0.272 e. The number of hydrogen-bond donors (Lipinski definition) is 1. The first-order valence-corrected chi connectivity index (χ1v) is 4.96. The van der Waals surface area contributed by atoms with Crippen molar-refractivity contribution in [2.24, 2.45) is 5.10 Å². The molecule has 0 aliphatic carbocycles. The van der Waals surface area contributed by atoms with Crippen LogP contribution in [-0.4, -0.2) is 12.1 Å². The van der Waals surface area contributed by atoms with Gasteiger partial charge in [-0.15, -0.1) is 0 Å². The molecule has 0 bridgehead atoms. The molecular formula is C10H8BrN3O. The molecule has 5 heteroatoms. The third kappa shape index (κ3) is 4.38. The molecule has 4 nitrogen and oxygen atoms in total. The number of nitrogens with zero attached hydrogens (tertiary/aromatic N) is 2. The van der Waals surface area contributed by atoms with Gasteiger partial charge in [0, 0.05) is 4.47 Å². The Morgan fingerprint density at radius 1 is 1.53 bits per heavy atom. The number of halogens is 1. The van der Waals surface area contributed by atoms with Crippen molar-refractivity contribution in [2.45, 2.75) is 6.42 Å². The monoisotopic (exact) mass is 265 g/mol. The number of nitriles is 1. The van der Waals surface area contributed by atoms with E-state index in [1.54, 1.807) is 6.07 Å². The summed E-state index contributed by atoms with van der Waals surface area (Å²) in [5, 5.41) is 11.9. The lowest BCUT2D eigenvalue weighted by Crippen LogP contribution is -2.16. The van der Waals surface area contributed by atoms with E-state index in [9.17, 15) is 4.79 Å². The van der Waals surface area contributed by atoms with E-state index >= 15 is 0 Å². The van der Waals surface area contributed by atoms with Gasteiger partial charge in [0.15, 0.2) is 0 Å². The zero-order valence-electron chi connectivity index (χ0n) is 7.77. The minimum atomic E-state index is -0.411. The second-order valence-corrected chi connectivity index (χ2v) is 3.60. The summed E-state index contributed by atoms with van der Waals surface area (Å²) in [4.78, 5) is 10.8. The Hall–Kier alpha value is -1.67. The first kappa shape index (κ1) is 11.4. The van der Waals surface area contributed by atoms with Gasteiger partial charge in [0.2, 0.25) is 0 Å². The van der Waals surface area contributed by atoms with E-state index in [4.69, 9.17) is 5.26 Å². The van der Waals surface area contributed by atoms with Gasteiger partial charge in [-0.1, -0.05) is 28.1 Å². The van der Waals surface area contributed by atoms with Crippen molar-refractivity contribution in [2.75, 3.05) is 0 Å². The van der Waals surface area contributed by atoms with Gasteiger partial charge < -0.3 is 0 Å². The molecule has 1 N–H and O–H groups in total.